The van der Waals surface area contributed by atoms with E-state index in [0.29, 0.717) is 0 Å². The van der Waals surface area contributed by atoms with Crippen LogP contribution in [0, 0.1) is 38.1 Å². The van der Waals surface area contributed by atoms with Crippen LogP contribution in [0.25, 0.3) is 5.57 Å². The molecule has 2 heteroatoms. The van der Waals surface area contributed by atoms with Gasteiger partial charge in [-0.05, 0) is 24.1 Å². The normalized spacial score (nSPS) is 11.0. The third-order valence-electron chi connectivity index (χ3n) is 4.43. The summed E-state index contributed by atoms with van der Waals surface area (Å²) in [5, 5.41) is 1.43. The molecule has 5 rings (SSSR count). The van der Waals surface area contributed by atoms with Gasteiger partial charge in [-0.25, -0.2) is 5.20 Å². The molecule has 1 aliphatic rings. The SMILES string of the molecule is Cc1cc(C)cc(C2=CC[C-]=C2[SiH3])c1.[Pt+4].[c-]1ccccc1.[c-]1ccccc1.[c-]1ccccc1. The Morgan fingerprint density at radius 3 is 1.24 bits per heavy atom. The summed E-state index contributed by atoms with van der Waals surface area (Å²) in [6, 6.07) is 44.3. The number of benzene rings is 4. The number of hydrogen-bond donors (Lipinski definition) is 0. The smallest absolute Gasteiger partial charge is 0.274 e. The summed E-state index contributed by atoms with van der Waals surface area (Å²) in [4.78, 5) is 0. The van der Waals surface area contributed by atoms with Gasteiger partial charge in [0.15, 0.2) is 0 Å². The Labute approximate surface area is 217 Å². The van der Waals surface area contributed by atoms with Gasteiger partial charge >= 0.3 is 21.1 Å². The Morgan fingerprint density at radius 2 is 1.00 bits per heavy atom. The van der Waals surface area contributed by atoms with Gasteiger partial charge in [-0.2, -0.15) is 121 Å². The van der Waals surface area contributed by atoms with E-state index in [1.807, 2.05) is 91.0 Å². The van der Waals surface area contributed by atoms with Crippen LogP contribution in [0.1, 0.15) is 23.1 Å². The maximum absolute atomic E-state index is 3.39. The van der Waals surface area contributed by atoms with Crippen molar-refractivity contribution in [3.8, 4) is 0 Å². The number of hydrogen-bond acceptors (Lipinski definition) is 0. The third-order valence-corrected chi connectivity index (χ3v) is 5.32. The van der Waals surface area contributed by atoms with Crippen molar-refractivity contribution in [2.45, 2.75) is 20.3 Å². The Bertz CT molecular complexity index is 881. The first-order valence-electron chi connectivity index (χ1n) is 10.8. The molecule has 0 unspecified atom stereocenters. The van der Waals surface area contributed by atoms with Gasteiger partial charge in [0, 0.05) is 0 Å². The molecule has 0 fully saturated rings. The quantitative estimate of drug-likeness (QED) is 0.165. The molecule has 0 saturated heterocycles. The van der Waals surface area contributed by atoms with E-state index in [2.05, 4.69) is 62.4 Å². The van der Waals surface area contributed by atoms with Crippen molar-refractivity contribution < 1.29 is 21.1 Å². The predicted molar refractivity (Wildman–Crippen MR) is 141 cm³/mol. The molecule has 168 valence electrons. The van der Waals surface area contributed by atoms with Crippen molar-refractivity contribution >= 4 is 15.8 Å². The second kappa shape index (κ2) is 17.8. The number of rotatable bonds is 1. The van der Waals surface area contributed by atoms with E-state index in [9.17, 15) is 0 Å². The zero-order valence-corrected chi connectivity index (χ0v) is 23.8. The molecule has 1 aliphatic carbocycles. The predicted octanol–water partition coefficient (Wildman–Crippen LogP) is 6.60. The first-order chi connectivity index (χ1) is 15.7. The minimum absolute atomic E-state index is 0. The molecule has 4 aromatic rings. The summed E-state index contributed by atoms with van der Waals surface area (Å²) in [6.45, 7) is 4.32. The summed E-state index contributed by atoms with van der Waals surface area (Å²) in [7, 11) is 1.10. The van der Waals surface area contributed by atoms with E-state index in [4.69, 9.17) is 0 Å². The Hall–Kier alpha value is -2.73. The molecule has 0 radical (unpaired) electrons. The maximum atomic E-state index is 3.39. The molecule has 0 saturated carbocycles. The van der Waals surface area contributed by atoms with Crippen LogP contribution in [-0.4, -0.2) is 10.2 Å². The van der Waals surface area contributed by atoms with Crippen molar-refractivity contribution in [2.24, 2.45) is 0 Å². The van der Waals surface area contributed by atoms with Gasteiger partial charge in [-0.1, -0.05) is 29.3 Å². The fourth-order valence-corrected chi connectivity index (χ4v) is 3.74. The fraction of sp³-hybridized carbons (Fsp3) is 0.0968. The summed E-state index contributed by atoms with van der Waals surface area (Å²) in [6.07, 6.45) is 6.68. The average Bonchev–Trinajstić information content (AvgIpc) is 3.29. The van der Waals surface area contributed by atoms with Gasteiger partial charge in [0.2, 0.25) is 0 Å². The van der Waals surface area contributed by atoms with Crippen molar-refractivity contribution in [3.63, 3.8) is 0 Å². The summed E-state index contributed by atoms with van der Waals surface area (Å²) in [5.41, 5.74) is 5.49. The van der Waals surface area contributed by atoms with Gasteiger partial charge in [0.1, 0.15) is 0 Å². The van der Waals surface area contributed by atoms with Crippen LogP contribution >= 0.6 is 0 Å². The van der Waals surface area contributed by atoms with E-state index in [-0.39, 0.29) is 21.1 Å². The van der Waals surface area contributed by atoms with E-state index in [0.717, 1.165) is 16.7 Å². The topological polar surface area (TPSA) is 0 Å². The molecule has 0 amide bonds. The van der Waals surface area contributed by atoms with Gasteiger partial charge in [-0.15, -0.1) is 12.0 Å². The zero-order valence-electron chi connectivity index (χ0n) is 19.5. The van der Waals surface area contributed by atoms with E-state index in [1.165, 1.54) is 27.5 Å². The Morgan fingerprint density at radius 1 is 0.606 bits per heavy atom. The minimum Gasteiger partial charge on any atom is -0.274 e. The van der Waals surface area contributed by atoms with Crippen molar-refractivity contribution in [1.29, 1.82) is 0 Å². The molecule has 0 aliphatic heterocycles. The van der Waals surface area contributed by atoms with E-state index >= 15 is 0 Å². The van der Waals surface area contributed by atoms with Crippen LogP contribution in [-0.2, 0) is 21.1 Å². The van der Waals surface area contributed by atoms with Crippen LogP contribution in [0.2, 0.25) is 0 Å². The zero-order chi connectivity index (χ0) is 22.9. The van der Waals surface area contributed by atoms with Gasteiger partial charge in [-0.3, -0.25) is 6.08 Å². The minimum atomic E-state index is 0. The van der Waals surface area contributed by atoms with Gasteiger partial charge in [0.25, 0.3) is 0 Å². The number of aryl methyl sites for hydroxylation is 2. The van der Waals surface area contributed by atoms with E-state index < -0.39 is 0 Å². The largest absolute Gasteiger partial charge is 4.00 e. The number of allylic oxidation sites excluding steroid dienone is 4. The molecular weight excluding hydrogens is 596 g/mol. The molecule has 0 spiro atoms. The molecule has 33 heavy (non-hydrogen) atoms. The van der Waals surface area contributed by atoms with Crippen LogP contribution in [0.3, 0.4) is 0 Å². The molecule has 0 nitrogen and oxygen atoms in total. The maximum Gasteiger partial charge on any atom is 4.00 e. The monoisotopic (exact) mass is 625 g/mol. The summed E-state index contributed by atoms with van der Waals surface area (Å²) < 4.78 is 0. The first-order valence-corrected chi connectivity index (χ1v) is 11.8. The van der Waals surface area contributed by atoms with Crippen LogP contribution in [0.15, 0.2) is 120 Å². The average molecular weight is 626 g/mol. The molecule has 0 heterocycles. The van der Waals surface area contributed by atoms with Gasteiger partial charge < -0.3 is 0 Å². The molecule has 0 N–H and O–H groups in total. The first kappa shape index (κ1) is 28.3. The molecular formula is C31H30PtSi. The third kappa shape index (κ3) is 12.8. The second-order valence-electron chi connectivity index (χ2n) is 7.23. The molecule has 0 atom stereocenters. The summed E-state index contributed by atoms with van der Waals surface area (Å²) in [5.74, 6) is 0. The van der Waals surface area contributed by atoms with Crippen LogP contribution < -0.4 is 0 Å². The molecule has 0 bridgehead atoms. The second-order valence-corrected chi connectivity index (χ2v) is 8.23. The fourth-order valence-electron chi connectivity index (χ4n) is 3.04. The van der Waals surface area contributed by atoms with Crippen molar-refractivity contribution in [1.82, 2.24) is 0 Å². The van der Waals surface area contributed by atoms with Crippen LogP contribution in [0.5, 0.6) is 0 Å². The summed E-state index contributed by atoms with van der Waals surface area (Å²) >= 11 is 0. The van der Waals surface area contributed by atoms with Crippen molar-refractivity contribution in [2.75, 3.05) is 0 Å². The van der Waals surface area contributed by atoms with Gasteiger partial charge in [0.05, 0.1) is 0 Å². The molecule has 0 aromatic heterocycles. The molecule has 4 aromatic carbocycles. The van der Waals surface area contributed by atoms with Crippen molar-refractivity contribution in [3.05, 3.63) is 161 Å². The van der Waals surface area contributed by atoms with Crippen LogP contribution in [0.4, 0.5) is 0 Å². The Balaban J connectivity index is 0.000000240. The standard InChI is InChI=1S/C13H15Si.3C6H5.Pt/c1-9-6-10(2)8-11(7-9)12-4-3-5-13(12)14;3*1-2-4-6-5-3-1;/h4,6-8H,3H2,1-2,14H3;3*1-5H;/q4*-1;+4. The Kier molecular flexibility index (Phi) is 15.2. The van der Waals surface area contributed by atoms with E-state index in [1.54, 1.807) is 0 Å².